The van der Waals surface area contributed by atoms with E-state index in [4.69, 9.17) is 0 Å². The minimum absolute atomic E-state index is 0.0852. The fourth-order valence-electron chi connectivity index (χ4n) is 3.05. The van der Waals surface area contributed by atoms with Crippen LogP contribution in [0.5, 0.6) is 0 Å². The molecule has 118 valence electrons. The third-order valence-electron chi connectivity index (χ3n) is 4.33. The number of piperazine rings is 1. The first-order valence-corrected chi connectivity index (χ1v) is 7.80. The van der Waals surface area contributed by atoms with Crippen molar-refractivity contribution in [1.82, 2.24) is 19.6 Å². The molecule has 1 aliphatic rings. The monoisotopic (exact) mass is 302 g/mol. The van der Waals surface area contributed by atoms with E-state index >= 15 is 0 Å². The van der Waals surface area contributed by atoms with Crippen LogP contribution in [0.4, 0.5) is 0 Å². The first-order chi connectivity index (χ1) is 10.7. The van der Waals surface area contributed by atoms with E-state index in [0.717, 1.165) is 39.1 Å². The van der Waals surface area contributed by atoms with Gasteiger partial charge < -0.3 is 10.2 Å². The predicted molar refractivity (Wildman–Crippen MR) is 87.4 cm³/mol. The van der Waals surface area contributed by atoms with Gasteiger partial charge in [0.2, 0.25) is 0 Å². The van der Waals surface area contributed by atoms with Crippen LogP contribution in [-0.2, 0) is 13.6 Å². The van der Waals surface area contributed by atoms with Crippen LogP contribution in [0, 0.1) is 0 Å². The lowest BCUT2D eigenvalue weighted by atomic mass is 10.2. The molecule has 0 aliphatic carbocycles. The molecule has 2 aromatic rings. The van der Waals surface area contributed by atoms with Gasteiger partial charge >= 0.3 is 0 Å². The molecule has 0 radical (unpaired) electrons. The molecule has 1 N–H and O–H groups in total. The first kappa shape index (κ1) is 15.0. The molecule has 0 atom stereocenters. The zero-order valence-electron chi connectivity index (χ0n) is 12.9. The van der Waals surface area contributed by atoms with E-state index in [1.807, 2.05) is 0 Å². The zero-order valence-corrected chi connectivity index (χ0v) is 12.9. The zero-order chi connectivity index (χ0) is 15.5. The molecule has 1 aliphatic heterocycles. The lowest BCUT2D eigenvalue weighted by molar-refractivity contribution is 0.231. The van der Waals surface area contributed by atoms with Crippen molar-refractivity contribution in [3.63, 3.8) is 0 Å². The summed E-state index contributed by atoms with van der Waals surface area (Å²) in [7, 11) is 1.67. The van der Waals surface area contributed by atoms with Gasteiger partial charge in [-0.2, -0.15) is 0 Å². The van der Waals surface area contributed by atoms with Crippen molar-refractivity contribution in [1.29, 1.82) is 0 Å². The summed E-state index contributed by atoms with van der Waals surface area (Å²) in [5.41, 5.74) is -0.199. The first-order valence-electron chi connectivity index (χ1n) is 7.80. The van der Waals surface area contributed by atoms with Crippen molar-refractivity contribution in [3.8, 4) is 0 Å². The van der Waals surface area contributed by atoms with Gasteiger partial charge in [0.1, 0.15) is 0 Å². The van der Waals surface area contributed by atoms with Crippen LogP contribution in [0.1, 0.15) is 6.42 Å². The largest absolute Gasteiger partial charge is 0.314 e. The molecule has 1 aromatic carbocycles. The fourth-order valence-corrected chi connectivity index (χ4v) is 3.05. The Morgan fingerprint density at radius 1 is 1.00 bits per heavy atom. The Labute approximate surface area is 128 Å². The van der Waals surface area contributed by atoms with E-state index in [1.165, 1.54) is 4.68 Å². The van der Waals surface area contributed by atoms with Crippen LogP contribution in [0.25, 0.3) is 10.8 Å². The molecule has 0 bridgehead atoms. The molecule has 2 heterocycles. The van der Waals surface area contributed by atoms with Crippen LogP contribution in [0.15, 0.2) is 33.9 Å². The molecular formula is C16H22N4O2. The fraction of sp³-hybridized carbons (Fsp3) is 0.500. The second-order valence-electron chi connectivity index (χ2n) is 5.75. The number of rotatable bonds is 4. The van der Waals surface area contributed by atoms with E-state index in [0.29, 0.717) is 17.3 Å². The lowest BCUT2D eigenvalue weighted by Gasteiger charge is -2.27. The molecule has 0 spiro atoms. The van der Waals surface area contributed by atoms with E-state index < -0.39 is 0 Å². The maximum absolute atomic E-state index is 12.6. The molecule has 22 heavy (non-hydrogen) atoms. The summed E-state index contributed by atoms with van der Waals surface area (Å²) >= 11 is 0. The Balaban J connectivity index is 1.81. The van der Waals surface area contributed by atoms with E-state index in [-0.39, 0.29) is 11.1 Å². The third kappa shape index (κ3) is 2.84. The Kier molecular flexibility index (Phi) is 4.40. The van der Waals surface area contributed by atoms with Gasteiger partial charge in [-0.15, -0.1) is 0 Å². The molecule has 1 aromatic heterocycles. The summed E-state index contributed by atoms with van der Waals surface area (Å²) < 4.78 is 3.01. The number of hydrogen-bond acceptors (Lipinski definition) is 4. The molecule has 0 saturated carbocycles. The van der Waals surface area contributed by atoms with Crippen molar-refractivity contribution in [3.05, 3.63) is 45.0 Å². The second-order valence-corrected chi connectivity index (χ2v) is 5.75. The Morgan fingerprint density at radius 2 is 1.64 bits per heavy atom. The van der Waals surface area contributed by atoms with Gasteiger partial charge in [-0.1, -0.05) is 12.1 Å². The molecule has 3 rings (SSSR count). The van der Waals surface area contributed by atoms with Crippen molar-refractivity contribution >= 4 is 10.8 Å². The molecule has 1 fully saturated rings. The van der Waals surface area contributed by atoms with Crippen LogP contribution >= 0.6 is 0 Å². The summed E-state index contributed by atoms with van der Waals surface area (Å²) in [5.74, 6) is 0. The molecule has 0 unspecified atom stereocenters. The predicted octanol–water partition coefficient (Wildman–Crippen LogP) is -0.00450. The minimum Gasteiger partial charge on any atom is -0.314 e. The standard InChI is InChI=1S/C16H22N4O2/c1-18-15(21)13-5-2-3-6-14(13)16(22)20(18)10-4-9-19-11-7-17-8-12-19/h2-3,5-6,17H,4,7-12H2,1H3. The van der Waals surface area contributed by atoms with Gasteiger partial charge in [0.25, 0.3) is 11.1 Å². The second kappa shape index (κ2) is 6.46. The van der Waals surface area contributed by atoms with E-state index in [9.17, 15) is 9.59 Å². The molecule has 1 saturated heterocycles. The van der Waals surface area contributed by atoms with Crippen molar-refractivity contribution in [2.24, 2.45) is 7.05 Å². The number of aromatic nitrogens is 2. The Morgan fingerprint density at radius 3 is 2.32 bits per heavy atom. The maximum atomic E-state index is 12.6. The van der Waals surface area contributed by atoms with E-state index in [2.05, 4.69) is 10.2 Å². The normalized spacial score (nSPS) is 16.2. The number of nitrogens with zero attached hydrogens (tertiary/aromatic N) is 3. The van der Waals surface area contributed by atoms with Crippen molar-refractivity contribution in [2.45, 2.75) is 13.0 Å². The van der Waals surface area contributed by atoms with Crippen LogP contribution < -0.4 is 16.4 Å². The molecular weight excluding hydrogens is 280 g/mol. The summed E-state index contributed by atoms with van der Waals surface area (Å²) in [6.07, 6.45) is 0.867. The number of hydrogen-bond donors (Lipinski definition) is 1. The molecule has 0 amide bonds. The van der Waals surface area contributed by atoms with Crippen LogP contribution in [0.2, 0.25) is 0 Å². The SMILES string of the molecule is Cn1c(=O)c2ccccc2c(=O)n1CCCN1CCNCC1. The molecule has 6 heteroatoms. The van der Waals surface area contributed by atoms with Gasteiger partial charge in [0, 0.05) is 46.3 Å². The van der Waals surface area contributed by atoms with Crippen LogP contribution in [0.3, 0.4) is 0 Å². The average Bonchev–Trinajstić information content (AvgIpc) is 2.57. The highest BCUT2D eigenvalue weighted by molar-refractivity contribution is 5.80. The highest BCUT2D eigenvalue weighted by atomic mass is 16.2. The van der Waals surface area contributed by atoms with Crippen molar-refractivity contribution < 1.29 is 0 Å². The molecule has 6 nitrogen and oxygen atoms in total. The quantitative estimate of drug-likeness (QED) is 0.863. The average molecular weight is 302 g/mol. The van der Waals surface area contributed by atoms with Crippen molar-refractivity contribution in [2.75, 3.05) is 32.7 Å². The van der Waals surface area contributed by atoms with Gasteiger partial charge in [0.05, 0.1) is 10.8 Å². The highest BCUT2D eigenvalue weighted by Crippen LogP contribution is 2.04. The van der Waals surface area contributed by atoms with Gasteiger partial charge in [0.15, 0.2) is 0 Å². The van der Waals surface area contributed by atoms with Crippen LogP contribution in [-0.4, -0.2) is 47.0 Å². The summed E-state index contributed by atoms with van der Waals surface area (Å²) in [6, 6.07) is 7.03. The summed E-state index contributed by atoms with van der Waals surface area (Å²) in [4.78, 5) is 27.3. The lowest BCUT2D eigenvalue weighted by Crippen LogP contribution is -2.44. The summed E-state index contributed by atoms with van der Waals surface area (Å²) in [5, 5.41) is 4.33. The Bertz CT molecular complexity index is 772. The number of fused-ring (bicyclic) bond motifs is 1. The van der Waals surface area contributed by atoms with Gasteiger partial charge in [-0.25, -0.2) is 4.68 Å². The third-order valence-corrected chi connectivity index (χ3v) is 4.33. The topological polar surface area (TPSA) is 59.3 Å². The minimum atomic E-state index is -0.114. The number of benzene rings is 1. The van der Waals surface area contributed by atoms with Gasteiger partial charge in [-0.05, 0) is 18.6 Å². The summed E-state index contributed by atoms with van der Waals surface area (Å²) in [6.45, 7) is 5.66. The number of nitrogens with one attached hydrogen (secondary N) is 1. The smallest absolute Gasteiger partial charge is 0.273 e. The highest BCUT2D eigenvalue weighted by Gasteiger charge is 2.12. The maximum Gasteiger partial charge on any atom is 0.273 e. The Hall–Kier alpha value is -1.92. The van der Waals surface area contributed by atoms with E-state index in [1.54, 1.807) is 36.0 Å². The van der Waals surface area contributed by atoms with Gasteiger partial charge in [-0.3, -0.25) is 14.3 Å².